The Morgan fingerprint density at radius 2 is 2.16 bits per heavy atom. The number of hydrogen-bond donors (Lipinski definition) is 1. The molecule has 0 saturated heterocycles. The number of ether oxygens (including phenoxy) is 1. The largest absolute Gasteiger partial charge is 0.496 e. The van der Waals surface area contributed by atoms with Crippen LogP contribution in [-0.4, -0.2) is 23.2 Å². The average molecular weight is 277 g/mol. The first-order valence-electron chi connectivity index (χ1n) is 5.84. The minimum atomic E-state index is -0.967. The highest BCUT2D eigenvalue weighted by Gasteiger charge is 2.14. The van der Waals surface area contributed by atoms with Gasteiger partial charge in [-0.05, 0) is 31.0 Å². The summed E-state index contributed by atoms with van der Waals surface area (Å²) in [6, 6.07) is 5.93. The third-order valence-electron chi connectivity index (χ3n) is 2.86. The molecule has 2 aromatic rings. The number of aromatic carboxylic acids is 1. The van der Waals surface area contributed by atoms with Gasteiger partial charge in [0.1, 0.15) is 5.75 Å². The number of nitrogens with zero attached hydrogens (tertiary/aromatic N) is 1. The Balaban J connectivity index is 2.24. The second-order valence-electron chi connectivity index (χ2n) is 4.30. The molecule has 0 amide bonds. The first kappa shape index (κ1) is 13.5. The molecule has 100 valence electrons. The van der Waals surface area contributed by atoms with Crippen LogP contribution in [0.15, 0.2) is 18.2 Å². The molecule has 0 fully saturated rings. The average Bonchev–Trinajstić information content (AvgIpc) is 2.70. The van der Waals surface area contributed by atoms with Gasteiger partial charge in [0.15, 0.2) is 5.69 Å². The van der Waals surface area contributed by atoms with E-state index in [-0.39, 0.29) is 5.69 Å². The van der Waals surface area contributed by atoms with Crippen LogP contribution in [0.2, 0.25) is 0 Å². The van der Waals surface area contributed by atoms with Crippen molar-refractivity contribution < 1.29 is 14.6 Å². The molecule has 1 heterocycles. The van der Waals surface area contributed by atoms with Crippen molar-refractivity contribution in [2.24, 2.45) is 0 Å². The summed E-state index contributed by atoms with van der Waals surface area (Å²) in [5.41, 5.74) is 2.32. The molecule has 1 N–H and O–H groups in total. The first-order valence-corrected chi connectivity index (χ1v) is 6.66. The van der Waals surface area contributed by atoms with Crippen LogP contribution in [-0.2, 0) is 6.42 Å². The van der Waals surface area contributed by atoms with Crippen molar-refractivity contribution in [1.82, 2.24) is 4.98 Å². The topological polar surface area (TPSA) is 59.4 Å². The van der Waals surface area contributed by atoms with Gasteiger partial charge in [0.25, 0.3) is 0 Å². The van der Waals surface area contributed by atoms with Gasteiger partial charge in [-0.15, -0.1) is 11.3 Å². The van der Waals surface area contributed by atoms with E-state index < -0.39 is 5.97 Å². The quantitative estimate of drug-likeness (QED) is 0.933. The SMILES string of the molecule is COc1ccc(Cc2nc(C(=O)O)c(C)s2)cc1C. The number of rotatable bonds is 4. The molecule has 0 radical (unpaired) electrons. The van der Waals surface area contributed by atoms with Crippen molar-refractivity contribution in [2.45, 2.75) is 20.3 Å². The predicted octanol–water partition coefficient (Wildman–Crippen LogP) is 3.06. The van der Waals surface area contributed by atoms with Crippen LogP contribution in [0.5, 0.6) is 5.75 Å². The van der Waals surface area contributed by atoms with Gasteiger partial charge in [-0.2, -0.15) is 0 Å². The summed E-state index contributed by atoms with van der Waals surface area (Å²) >= 11 is 1.43. The second kappa shape index (κ2) is 5.40. The molecule has 4 nitrogen and oxygen atoms in total. The van der Waals surface area contributed by atoms with E-state index in [1.165, 1.54) is 11.3 Å². The van der Waals surface area contributed by atoms with Gasteiger partial charge in [0.2, 0.25) is 0 Å². The second-order valence-corrected chi connectivity index (χ2v) is 5.59. The number of thiazole rings is 1. The van der Waals surface area contributed by atoms with E-state index in [1.54, 1.807) is 14.0 Å². The summed E-state index contributed by atoms with van der Waals surface area (Å²) in [5, 5.41) is 9.80. The Hall–Kier alpha value is -1.88. The van der Waals surface area contributed by atoms with Gasteiger partial charge in [-0.3, -0.25) is 0 Å². The monoisotopic (exact) mass is 277 g/mol. The van der Waals surface area contributed by atoms with Crippen molar-refractivity contribution in [3.8, 4) is 5.75 Å². The van der Waals surface area contributed by atoms with Crippen LogP contribution in [0.3, 0.4) is 0 Å². The lowest BCUT2D eigenvalue weighted by Crippen LogP contribution is -1.99. The molecule has 5 heteroatoms. The molecule has 0 aliphatic carbocycles. The number of carboxylic acids is 1. The number of methoxy groups -OCH3 is 1. The maximum atomic E-state index is 11.0. The summed E-state index contributed by atoms with van der Waals surface area (Å²) in [6.07, 6.45) is 0.642. The van der Waals surface area contributed by atoms with E-state index in [4.69, 9.17) is 9.84 Å². The van der Waals surface area contributed by atoms with Crippen molar-refractivity contribution in [2.75, 3.05) is 7.11 Å². The molecule has 1 aromatic carbocycles. The summed E-state index contributed by atoms with van der Waals surface area (Å²) in [4.78, 5) is 15.9. The molecule has 0 saturated carbocycles. The lowest BCUT2D eigenvalue weighted by atomic mass is 10.1. The maximum Gasteiger partial charge on any atom is 0.355 e. The fourth-order valence-electron chi connectivity index (χ4n) is 1.95. The molecule has 0 atom stereocenters. The van der Waals surface area contributed by atoms with Crippen LogP contribution in [0.4, 0.5) is 0 Å². The zero-order valence-corrected chi connectivity index (χ0v) is 11.9. The standard InChI is InChI=1S/C14H15NO3S/c1-8-6-10(4-5-11(8)18-3)7-12-15-13(14(16)17)9(2)19-12/h4-6H,7H2,1-3H3,(H,16,17). The number of aryl methyl sites for hydroxylation is 2. The van der Waals surface area contributed by atoms with Gasteiger partial charge in [0, 0.05) is 11.3 Å². The molecule has 19 heavy (non-hydrogen) atoms. The Morgan fingerprint density at radius 3 is 2.68 bits per heavy atom. The van der Waals surface area contributed by atoms with E-state index in [9.17, 15) is 4.79 Å². The van der Waals surface area contributed by atoms with Crippen LogP contribution in [0.25, 0.3) is 0 Å². The molecule has 1 aromatic heterocycles. The molecule has 2 rings (SSSR count). The Labute approximate surface area is 115 Å². The lowest BCUT2D eigenvalue weighted by molar-refractivity contribution is 0.0690. The van der Waals surface area contributed by atoms with Gasteiger partial charge in [-0.1, -0.05) is 12.1 Å². The molecular weight excluding hydrogens is 262 g/mol. The molecule has 0 spiro atoms. The number of hydrogen-bond acceptors (Lipinski definition) is 4. The lowest BCUT2D eigenvalue weighted by Gasteiger charge is -2.06. The van der Waals surface area contributed by atoms with Crippen LogP contribution in [0.1, 0.15) is 31.5 Å². The highest BCUT2D eigenvalue weighted by molar-refractivity contribution is 7.11. The Bertz CT molecular complexity index is 619. The third-order valence-corrected chi connectivity index (χ3v) is 3.83. The maximum absolute atomic E-state index is 11.0. The minimum absolute atomic E-state index is 0.158. The summed E-state index contributed by atoms with van der Waals surface area (Å²) < 4.78 is 5.21. The van der Waals surface area contributed by atoms with Crippen LogP contribution in [0, 0.1) is 13.8 Å². The molecule has 0 unspecified atom stereocenters. The fourth-order valence-corrected chi connectivity index (χ4v) is 2.91. The molecule has 0 aliphatic rings. The van der Waals surface area contributed by atoms with E-state index in [0.29, 0.717) is 6.42 Å². The zero-order valence-electron chi connectivity index (χ0n) is 11.1. The first-order chi connectivity index (χ1) is 9.01. The summed E-state index contributed by atoms with van der Waals surface area (Å²) in [5.74, 6) is -0.115. The van der Waals surface area contributed by atoms with Gasteiger partial charge >= 0.3 is 5.97 Å². The molecule has 0 aliphatic heterocycles. The number of benzene rings is 1. The summed E-state index contributed by atoms with van der Waals surface area (Å²) in [6.45, 7) is 3.77. The van der Waals surface area contributed by atoms with E-state index in [2.05, 4.69) is 4.98 Å². The van der Waals surface area contributed by atoms with Crippen molar-refractivity contribution in [3.05, 3.63) is 44.9 Å². The normalized spacial score (nSPS) is 10.5. The highest BCUT2D eigenvalue weighted by Crippen LogP contribution is 2.23. The minimum Gasteiger partial charge on any atom is -0.496 e. The number of carbonyl (C=O) groups is 1. The zero-order chi connectivity index (χ0) is 14.0. The number of aromatic nitrogens is 1. The molecular formula is C14H15NO3S. The smallest absolute Gasteiger partial charge is 0.355 e. The summed E-state index contributed by atoms with van der Waals surface area (Å²) in [7, 11) is 1.64. The Kier molecular flexibility index (Phi) is 3.85. The van der Waals surface area contributed by atoms with E-state index in [1.807, 2.05) is 25.1 Å². The van der Waals surface area contributed by atoms with Crippen molar-refractivity contribution >= 4 is 17.3 Å². The van der Waals surface area contributed by atoms with E-state index >= 15 is 0 Å². The van der Waals surface area contributed by atoms with Crippen LogP contribution < -0.4 is 4.74 Å². The fraction of sp³-hybridized carbons (Fsp3) is 0.286. The van der Waals surface area contributed by atoms with Gasteiger partial charge in [0.05, 0.1) is 12.1 Å². The van der Waals surface area contributed by atoms with Crippen LogP contribution >= 0.6 is 11.3 Å². The van der Waals surface area contributed by atoms with Crippen molar-refractivity contribution in [3.63, 3.8) is 0 Å². The third kappa shape index (κ3) is 2.93. The van der Waals surface area contributed by atoms with E-state index in [0.717, 1.165) is 26.8 Å². The number of carboxylic acid groups (broad SMARTS) is 1. The van der Waals surface area contributed by atoms with Gasteiger partial charge in [-0.25, -0.2) is 9.78 Å². The van der Waals surface area contributed by atoms with Crippen molar-refractivity contribution in [1.29, 1.82) is 0 Å². The predicted molar refractivity (Wildman–Crippen MR) is 74.3 cm³/mol. The van der Waals surface area contributed by atoms with Gasteiger partial charge < -0.3 is 9.84 Å². The molecule has 0 bridgehead atoms. The Morgan fingerprint density at radius 1 is 1.42 bits per heavy atom. The highest BCUT2D eigenvalue weighted by atomic mass is 32.1.